The first kappa shape index (κ1) is 39.3. The van der Waals surface area contributed by atoms with E-state index in [1.807, 2.05) is 107 Å². The van der Waals surface area contributed by atoms with Gasteiger partial charge in [0.25, 0.3) is 11.8 Å². The molecule has 4 aromatic heterocycles. The molecule has 16 nitrogen and oxygen atoms in total. The number of ether oxygens (including phenoxy) is 2. The number of carbonyl (C=O) groups is 2. The predicted molar refractivity (Wildman–Crippen MR) is 227 cm³/mol. The number of benzene rings is 2. The Morgan fingerprint density at radius 1 is 0.532 bits per heavy atom. The van der Waals surface area contributed by atoms with Crippen LogP contribution in [0.25, 0.3) is 0 Å². The first-order chi connectivity index (χ1) is 30.3. The summed E-state index contributed by atoms with van der Waals surface area (Å²) < 4.78 is 15.1. The van der Waals surface area contributed by atoms with Gasteiger partial charge in [0.05, 0.1) is 0 Å². The van der Waals surface area contributed by atoms with E-state index in [1.54, 1.807) is 43.9 Å². The van der Waals surface area contributed by atoms with E-state index < -0.39 is 34.2 Å². The van der Waals surface area contributed by atoms with Gasteiger partial charge in [-0.25, -0.2) is 0 Å². The molecule has 0 aliphatic carbocycles. The molecule has 8 heterocycles. The highest BCUT2D eigenvalue weighted by atomic mass is 16.5. The molecule has 4 aliphatic rings. The summed E-state index contributed by atoms with van der Waals surface area (Å²) >= 11 is 0. The van der Waals surface area contributed by atoms with Crippen LogP contribution in [0.1, 0.15) is 55.3 Å². The first-order valence-electron chi connectivity index (χ1n) is 19.8. The Bertz CT molecular complexity index is 2640. The number of hydrogen-bond acceptors (Lipinski definition) is 12. The monoisotopic (exact) mass is 832 g/mol. The lowest BCUT2D eigenvalue weighted by Crippen LogP contribution is -2.55. The number of fused-ring (bicyclic) bond motifs is 10. The van der Waals surface area contributed by atoms with Gasteiger partial charge in [-0.05, 0) is 35.4 Å². The topological polar surface area (TPSA) is 176 Å². The number of carbonyl (C=O) groups excluding carboxylic acids is 2. The van der Waals surface area contributed by atoms with E-state index >= 15 is 0 Å². The van der Waals surface area contributed by atoms with Gasteiger partial charge in [0.15, 0.2) is 22.9 Å². The van der Waals surface area contributed by atoms with Gasteiger partial charge in [-0.3, -0.25) is 48.5 Å². The normalized spacial score (nSPS) is 17.9. The number of hydrogen-bond donors (Lipinski definition) is 2. The van der Waals surface area contributed by atoms with E-state index in [2.05, 4.69) is 9.97 Å². The molecule has 2 N–H and O–H groups in total. The number of pyridine rings is 4. The first-order valence-corrected chi connectivity index (χ1v) is 19.8. The van der Waals surface area contributed by atoms with E-state index in [4.69, 9.17) is 9.47 Å². The van der Waals surface area contributed by atoms with E-state index in [-0.39, 0.29) is 36.8 Å². The van der Waals surface area contributed by atoms with Gasteiger partial charge in [-0.1, -0.05) is 72.8 Å². The van der Waals surface area contributed by atoms with Gasteiger partial charge in [0, 0.05) is 73.5 Å². The van der Waals surface area contributed by atoms with E-state index in [0.29, 0.717) is 37.8 Å². The van der Waals surface area contributed by atoms with E-state index in [0.717, 1.165) is 22.3 Å². The summed E-state index contributed by atoms with van der Waals surface area (Å²) in [5, 5.41) is 24.9. The second-order valence-electron chi connectivity index (χ2n) is 14.7. The van der Waals surface area contributed by atoms with Crippen LogP contribution in [-0.4, -0.2) is 90.8 Å². The number of aromatic hydroxyl groups is 2. The molecule has 16 heteroatoms. The second kappa shape index (κ2) is 16.8. The average Bonchev–Trinajstić information content (AvgIpc) is 3.35. The maximum atomic E-state index is 13.1. The zero-order chi connectivity index (χ0) is 42.7. The zero-order valence-corrected chi connectivity index (χ0v) is 33.2. The molecule has 4 aliphatic heterocycles. The second-order valence-corrected chi connectivity index (χ2v) is 14.7. The van der Waals surface area contributed by atoms with Crippen LogP contribution in [0.4, 0.5) is 0 Å². The molecule has 0 spiro atoms. The molecule has 0 fully saturated rings. The van der Waals surface area contributed by atoms with Crippen LogP contribution < -0.4 is 30.3 Å². The van der Waals surface area contributed by atoms with Crippen molar-refractivity contribution in [1.82, 2.24) is 29.1 Å². The van der Waals surface area contributed by atoms with Gasteiger partial charge in [0.2, 0.25) is 10.9 Å². The summed E-state index contributed by atoms with van der Waals surface area (Å²) in [4.78, 5) is 62.4. The Balaban J connectivity index is 0.000000158. The maximum Gasteiger partial charge on any atom is 0.278 e. The van der Waals surface area contributed by atoms with E-state index in [1.165, 1.54) is 24.5 Å². The Morgan fingerprint density at radius 3 is 1.37 bits per heavy atom. The molecular weight excluding hydrogens is 793 g/mol. The minimum atomic E-state index is -0.595. The molecule has 312 valence electrons. The molecule has 6 aromatic rings. The van der Waals surface area contributed by atoms with Crippen molar-refractivity contribution in [2.75, 3.05) is 49.7 Å². The number of aromatic nitrogens is 4. The van der Waals surface area contributed by atoms with Gasteiger partial charge in [-0.15, -0.1) is 0 Å². The number of nitrogens with zero attached hydrogens (tertiary/aromatic N) is 8. The Kier molecular flexibility index (Phi) is 10.7. The van der Waals surface area contributed by atoms with Gasteiger partial charge < -0.3 is 29.5 Å². The fraction of sp³-hybridized carbons (Fsp3) is 0.174. The molecular formula is C46H40N8O8. The smallest absolute Gasteiger partial charge is 0.278 e. The van der Waals surface area contributed by atoms with Crippen molar-refractivity contribution in [2.45, 2.75) is 12.1 Å². The molecule has 62 heavy (non-hydrogen) atoms. The summed E-state index contributed by atoms with van der Waals surface area (Å²) in [6.45, 7) is 1.81. The molecule has 0 radical (unpaired) electrons. The van der Waals surface area contributed by atoms with Crippen molar-refractivity contribution in [2.24, 2.45) is 0 Å². The Morgan fingerprint density at radius 2 is 0.952 bits per heavy atom. The molecule has 4 bridgehead atoms. The Hall–Kier alpha value is -8.14. The van der Waals surface area contributed by atoms with Gasteiger partial charge in [0.1, 0.15) is 50.1 Å². The molecule has 2 amide bonds. The van der Waals surface area contributed by atoms with Gasteiger partial charge in [-0.2, -0.15) is 0 Å². The van der Waals surface area contributed by atoms with Crippen molar-refractivity contribution in [3.63, 3.8) is 0 Å². The van der Waals surface area contributed by atoms with Crippen LogP contribution in [-0.2, 0) is 0 Å². The SMILES string of the molecule is O=C1c2c(O)c(=O)ccn2N2CN1CC=CCOc1ccncc1C2c1ccccc1.O=C1c2c(O)c(=O)ccn2N2CN1CC=CCOc1ccncc1C2c1ccccc1. The molecule has 2 unspecified atom stereocenters. The summed E-state index contributed by atoms with van der Waals surface area (Å²) in [5.74, 6) is -0.591. The van der Waals surface area contributed by atoms with E-state index in [9.17, 15) is 29.4 Å². The van der Waals surface area contributed by atoms with Crippen LogP contribution in [0.15, 0.2) is 156 Å². The van der Waals surface area contributed by atoms with Crippen molar-refractivity contribution in [1.29, 1.82) is 0 Å². The quantitative estimate of drug-likeness (QED) is 0.240. The molecule has 0 saturated carbocycles. The number of amides is 2. The third-order valence-electron chi connectivity index (χ3n) is 11.0. The largest absolute Gasteiger partial charge is 0.502 e. The summed E-state index contributed by atoms with van der Waals surface area (Å²) in [7, 11) is 0. The third kappa shape index (κ3) is 7.27. The summed E-state index contributed by atoms with van der Waals surface area (Å²) in [5.41, 5.74) is 2.21. The fourth-order valence-electron chi connectivity index (χ4n) is 8.04. The summed E-state index contributed by atoms with van der Waals surface area (Å²) in [6.07, 6.45) is 17.3. The fourth-order valence-corrected chi connectivity index (χ4v) is 8.04. The van der Waals surface area contributed by atoms with Crippen LogP contribution in [0.3, 0.4) is 0 Å². The van der Waals surface area contributed by atoms with Gasteiger partial charge >= 0.3 is 0 Å². The van der Waals surface area contributed by atoms with Crippen molar-refractivity contribution in [3.8, 4) is 23.0 Å². The number of rotatable bonds is 2. The minimum absolute atomic E-state index is 0.0568. The third-order valence-corrected chi connectivity index (χ3v) is 11.0. The molecule has 0 saturated heterocycles. The lowest BCUT2D eigenvalue weighted by Gasteiger charge is -2.43. The zero-order valence-electron chi connectivity index (χ0n) is 33.2. The van der Waals surface area contributed by atoms with Crippen LogP contribution in [0.2, 0.25) is 0 Å². The molecule has 2 atom stereocenters. The summed E-state index contributed by atoms with van der Waals surface area (Å²) in [6, 6.07) is 24.9. The minimum Gasteiger partial charge on any atom is -0.502 e. The van der Waals surface area contributed by atoms with Crippen molar-refractivity contribution < 1.29 is 29.3 Å². The van der Waals surface area contributed by atoms with Crippen LogP contribution in [0.5, 0.6) is 23.0 Å². The lowest BCUT2D eigenvalue weighted by molar-refractivity contribution is 0.0694. The van der Waals surface area contributed by atoms with Crippen molar-refractivity contribution in [3.05, 3.63) is 201 Å². The van der Waals surface area contributed by atoms with Crippen LogP contribution in [0, 0.1) is 0 Å². The highest BCUT2D eigenvalue weighted by molar-refractivity contribution is 5.97. The standard InChI is InChI=1S/2C23H20N4O4/c2*28-18-9-12-26-21(22(18)29)23(30)25-11-4-5-13-31-19-8-10-24-14-17(19)20(27(26)15-25)16-6-2-1-3-7-16/h2*1-10,12,14,20,29H,11,13,15H2. The molecule has 2 aromatic carbocycles. The highest BCUT2D eigenvalue weighted by Crippen LogP contribution is 2.38. The van der Waals surface area contributed by atoms with Crippen LogP contribution >= 0.6 is 0 Å². The highest BCUT2D eigenvalue weighted by Gasteiger charge is 2.39. The predicted octanol–water partition coefficient (Wildman–Crippen LogP) is 4.08. The lowest BCUT2D eigenvalue weighted by atomic mass is 9.98. The van der Waals surface area contributed by atoms with Crippen molar-refractivity contribution >= 4 is 11.8 Å². The maximum absolute atomic E-state index is 13.1. The molecule has 10 rings (SSSR count). The Labute approximate surface area is 354 Å². The average molecular weight is 833 g/mol.